The molecule has 0 aromatic heterocycles. The Morgan fingerprint density at radius 2 is 2.08 bits per heavy atom. The fourth-order valence-corrected chi connectivity index (χ4v) is 3.39. The van der Waals surface area contributed by atoms with Gasteiger partial charge in [0.1, 0.15) is 5.75 Å². The Bertz CT molecular complexity index is 742. The van der Waals surface area contributed by atoms with Crippen LogP contribution in [0.2, 0.25) is 0 Å². The molecule has 1 atom stereocenters. The molecule has 2 aromatic rings. The maximum absolute atomic E-state index is 12.8. The van der Waals surface area contributed by atoms with Gasteiger partial charge in [-0.25, -0.2) is 0 Å². The van der Waals surface area contributed by atoms with Crippen LogP contribution in [0.25, 0.3) is 0 Å². The summed E-state index contributed by atoms with van der Waals surface area (Å²) in [5, 5.41) is 3.19. The van der Waals surface area contributed by atoms with Crippen molar-refractivity contribution in [3.05, 3.63) is 64.7 Å². The fourth-order valence-electron chi connectivity index (χ4n) is 3.39. The number of carbonyl (C=O) groups excluding carboxylic acids is 1. The Morgan fingerprint density at radius 1 is 1.24 bits per heavy atom. The minimum atomic E-state index is -0.0536. The summed E-state index contributed by atoms with van der Waals surface area (Å²) in [6.45, 7) is 3.01. The van der Waals surface area contributed by atoms with Crippen LogP contribution in [-0.4, -0.2) is 19.6 Å². The van der Waals surface area contributed by atoms with E-state index >= 15 is 0 Å². The number of methoxy groups -OCH3 is 1. The van der Waals surface area contributed by atoms with Gasteiger partial charge in [0.15, 0.2) is 0 Å². The zero-order valence-corrected chi connectivity index (χ0v) is 14.9. The Morgan fingerprint density at radius 3 is 2.88 bits per heavy atom. The summed E-state index contributed by atoms with van der Waals surface area (Å²) in [6, 6.07) is 13.9. The molecule has 0 saturated heterocycles. The summed E-state index contributed by atoms with van der Waals surface area (Å²) in [6.07, 6.45) is 3.16. The first-order valence-corrected chi connectivity index (χ1v) is 8.86. The number of ether oxygens (including phenoxy) is 2. The van der Waals surface area contributed by atoms with Crippen molar-refractivity contribution in [2.45, 2.75) is 38.8 Å². The van der Waals surface area contributed by atoms with Gasteiger partial charge in [-0.05, 0) is 55.5 Å². The van der Waals surface area contributed by atoms with E-state index in [0.717, 1.165) is 30.6 Å². The second-order valence-electron chi connectivity index (χ2n) is 6.28. The van der Waals surface area contributed by atoms with Gasteiger partial charge in [0.05, 0.1) is 19.8 Å². The molecule has 0 fully saturated rings. The number of aryl methyl sites for hydroxylation is 1. The van der Waals surface area contributed by atoms with Crippen LogP contribution in [0.5, 0.6) is 5.75 Å². The van der Waals surface area contributed by atoms with Crippen molar-refractivity contribution in [1.82, 2.24) is 5.32 Å². The molecule has 132 valence electrons. The number of fused-ring (bicyclic) bond motifs is 1. The van der Waals surface area contributed by atoms with Crippen molar-refractivity contribution in [3.8, 4) is 5.75 Å². The highest BCUT2D eigenvalue weighted by atomic mass is 16.5. The monoisotopic (exact) mass is 339 g/mol. The second kappa shape index (κ2) is 8.17. The fraction of sp³-hybridized carbons (Fsp3) is 0.381. The largest absolute Gasteiger partial charge is 0.496 e. The lowest BCUT2D eigenvalue weighted by atomic mass is 9.87. The molecule has 25 heavy (non-hydrogen) atoms. The van der Waals surface area contributed by atoms with Gasteiger partial charge in [0.25, 0.3) is 5.91 Å². The van der Waals surface area contributed by atoms with Crippen LogP contribution in [0.3, 0.4) is 0 Å². The topological polar surface area (TPSA) is 47.6 Å². The van der Waals surface area contributed by atoms with Gasteiger partial charge in [-0.15, -0.1) is 0 Å². The molecule has 1 aliphatic rings. The molecule has 0 radical (unpaired) electrons. The highest BCUT2D eigenvalue weighted by Gasteiger charge is 2.22. The lowest BCUT2D eigenvalue weighted by Gasteiger charge is -2.26. The minimum absolute atomic E-state index is 0.0536. The van der Waals surface area contributed by atoms with Crippen LogP contribution < -0.4 is 10.1 Å². The predicted molar refractivity (Wildman–Crippen MR) is 97.9 cm³/mol. The summed E-state index contributed by atoms with van der Waals surface area (Å²) in [4.78, 5) is 12.8. The van der Waals surface area contributed by atoms with E-state index in [-0.39, 0.29) is 11.9 Å². The van der Waals surface area contributed by atoms with Gasteiger partial charge in [0, 0.05) is 17.7 Å². The van der Waals surface area contributed by atoms with E-state index in [9.17, 15) is 4.79 Å². The standard InChI is InChI=1S/C21H25NO3/c1-3-25-14-17-13-16(11-12-20(17)24-2)21(23)22-19-10-6-8-15-7-4-5-9-18(15)19/h4-5,7,9,11-13,19H,3,6,8,10,14H2,1-2H3,(H,22,23)/t19-/m1/s1. The predicted octanol–water partition coefficient (Wildman–Crippen LogP) is 4.04. The Hall–Kier alpha value is -2.33. The molecule has 0 heterocycles. The van der Waals surface area contributed by atoms with Gasteiger partial charge in [0.2, 0.25) is 0 Å². The third kappa shape index (κ3) is 4.02. The van der Waals surface area contributed by atoms with Crippen molar-refractivity contribution in [2.75, 3.05) is 13.7 Å². The van der Waals surface area contributed by atoms with Crippen molar-refractivity contribution in [2.24, 2.45) is 0 Å². The third-order valence-corrected chi connectivity index (χ3v) is 4.68. The van der Waals surface area contributed by atoms with Crippen LogP contribution in [0, 0.1) is 0 Å². The molecular formula is C21H25NO3. The highest BCUT2D eigenvalue weighted by Crippen LogP contribution is 2.30. The number of hydrogen-bond acceptors (Lipinski definition) is 3. The Labute approximate surface area is 149 Å². The molecule has 2 aromatic carbocycles. The number of carbonyl (C=O) groups is 1. The number of benzene rings is 2. The SMILES string of the molecule is CCOCc1cc(C(=O)N[C@@H]2CCCc3ccccc32)ccc1OC. The summed E-state index contributed by atoms with van der Waals surface area (Å²) in [5.41, 5.74) is 4.11. The van der Waals surface area contributed by atoms with Crippen LogP contribution in [0.1, 0.15) is 52.9 Å². The highest BCUT2D eigenvalue weighted by molar-refractivity contribution is 5.94. The molecule has 1 N–H and O–H groups in total. The van der Waals surface area contributed by atoms with Crippen molar-refractivity contribution in [3.63, 3.8) is 0 Å². The van der Waals surface area contributed by atoms with E-state index in [1.165, 1.54) is 11.1 Å². The minimum Gasteiger partial charge on any atom is -0.496 e. The molecule has 0 unspecified atom stereocenters. The van der Waals surface area contributed by atoms with E-state index in [2.05, 4.69) is 23.5 Å². The van der Waals surface area contributed by atoms with Gasteiger partial charge < -0.3 is 14.8 Å². The van der Waals surface area contributed by atoms with Crippen LogP contribution in [-0.2, 0) is 17.8 Å². The average molecular weight is 339 g/mol. The molecule has 1 aliphatic carbocycles. The van der Waals surface area contributed by atoms with Crippen molar-refractivity contribution >= 4 is 5.91 Å². The normalized spacial score (nSPS) is 16.2. The molecule has 4 nitrogen and oxygen atoms in total. The van der Waals surface area contributed by atoms with Crippen LogP contribution >= 0.6 is 0 Å². The summed E-state index contributed by atoms with van der Waals surface area (Å²) >= 11 is 0. The maximum atomic E-state index is 12.8. The molecule has 0 spiro atoms. The molecule has 0 aliphatic heterocycles. The molecule has 0 bridgehead atoms. The number of hydrogen-bond donors (Lipinski definition) is 1. The van der Waals surface area contributed by atoms with Crippen LogP contribution in [0.4, 0.5) is 0 Å². The average Bonchev–Trinajstić information content (AvgIpc) is 2.66. The summed E-state index contributed by atoms with van der Waals surface area (Å²) in [5.74, 6) is 0.690. The quantitative estimate of drug-likeness (QED) is 0.864. The Balaban J connectivity index is 1.78. The van der Waals surface area contributed by atoms with E-state index in [1.807, 2.05) is 25.1 Å². The molecule has 1 amide bonds. The van der Waals surface area contributed by atoms with Gasteiger partial charge in [-0.2, -0.15) is 0 Å². The first-order chi connectivity index (χ1) is 12.2. The van der Waals surface area contributed by atoms with E-state index in [0.29, 0.717) is 18.8 Å². The summed E-state index contributed by atoms with van der Waals surface area (Å²) in [7, 11) is 1.63. The molecule has 0 saturated carbocycles. The third-order valence-electron chi connectivity index (χ3n) is 4.68. The van der Waals surface area contributed by atoms with E-state index in [1.54, 1.807) is 13.2 Å². The number of nitrogens with one attached hydrogen (secondary N) is 1. The molecule has 4 heteroatoms. The number of amides is 1. The van der Waals surface area contributed by atoms with E-state index in [4.69, 9.17) is 9.47 Å². The zero-order chi connectivity index (χ0) is 17.6. The lowest BCUT2D eigenvalue weighted by molar-refractivity contribution is 0.0932. The second-order valence-corrected chi connectivity index (χ2v) is 6.28. The van der Waals surface area contributed by atoms with Gasteiger partial charge in [-0.3, -0.25) is 4.79 Å². The smallest absolute Gasteiger partial charge is 0.251 e. The summed E-state index contributed by atoms with van der Waals surface area (Å²) < 4.78 is 10.8. The Kier molecular flexibility index (Phi) is 5.71. The van der Waals surface area contributed by atoms with E-state index < -0.39 is 0 Å². The van der Waals surface area contributed by atoms with Crippen molar-refractivity contribution in [1.29, 1.82) is 0 Å². The molecule has 3 rings (SSSR count). The molecular weight excluding hydrogens is 314 g/mol. The maximum Gasteiger partial charge on any atom is 0.251 e. The lowest BCUT2D eigenvalue weighted by Crippen LogP contribution is -2.31. The van der Waals surface area contributed by atoms with Crippen LogP contribution in [0.15, 0.2) is 42.5 Å². The first-order valence-electron chi connectivity index (χ1n) is 8.86. The zero-order valence-electron chi connectivity index (χ0n) is 14.9. The van der Waals surface area contributed by atoms with Gasteiger partial charge >= 0.3 is 0 Å². The first kappa shape index (κ1) is 17.5. The number of rotatable bonds is 6. The van der Waals surface area contributed by atoms with Crippen molar-refractivity contribution < 1.29 is 14.3 Å². The van der Waals surface area contributed by atoms with Gasteiger partial charge in [-0.1, -0.05) is 24.3 Å².